The monoisotopic (exact) mass is 703 g/mol. The second-order valence-corrected chi connectivity index (χ2v) is 15.1. The Hall–Kier alpha value is -3.54. The highest BCUT2D eigenvalue weighted by atomic mass is 16.7. The molecule has 6 rings (SSSR count). The highest BCUT2D eigenvalue weighted by Gasteiger charge is 2.61. The number of benzene rings is 1. The van der Waals surface area contributed by atoms with E-state index in [1.54, 1.807) is 49.4 Å². The third kappa shape index (κ3) is 7.66. The number of amides is 1. The predicted octanol–water partition coefficient (Wildman–Crippen LogP) is 6.56. The van der Waals surface area contributed by atoms with Crippen LogP contribution in [-0.4, -0.2) is 76.9 Å². The summed E-state index contributed by atoms with van der Waals surface area (Å²) in [4.78, 5) is 27.4. The normalized spacial score (nSPS) is 41.5. The summed E-state index contributed by atoms with van der Waals surface area (Å²) >= 11 is 0. The van der Waals surface area contributed by atoms with E-state index in [9.17, 15) is 19.8 Å². The van der Waals surface area contributed by atoms with Crippen molar-refractivity contribution in [3.63, 3.8) is 0 Å². The molecule has 0 unspecified atom stereocenters. The number of para-hydroxylation sites is 1. The molecular weight excluding hydrogens is 650 g/mol. The first kappa shape index (κ1) is 37.2. The van der Waals surface area contributed by atoms with Crippen molar-refractivity contribution in [2.75, 3.05) is 11.9 Å². The summed E-state index contributed by atoms with van der Waals surface area (Å²) in [7, 11) is 0. The van der Waals surface area contributed by atoms with Crippen LogP contribution in [0.15, 0.2) is 89.6 Å². The molecule has 2 fully saturated rings. The van der Waals surface area contributed by atoms with Crippen molar-refractivity contribution in [1.29, 1.82) is 0 Å². The number of carbonyl (C=O) groups excluding carboxylic acids is 2. The Labute approximate surface area is 301 Å². The van der Waals surface area contributed by atoms with Crippen molar-refractivity contribution in [3.8, 4) is 0 Å². The largest absolute Gasteiger partial charge is 0.462 e. The maximum atomic E-state index is 14.4. The van der Waals surface area contributed by atoms with Crippen LogP contribution in [0.3, 0.4) is 0 Å². The summed E-state index contributed by atoms with van der Waals surface area (Å²) in [5.74, 6) is -2.63. The summed E-state index contributed by atoms with van der Waals surface area (Å²) in [5, 5.41) is 26.6. The second kappa shape index (κ2) is 15.2. The standard InChI is InChI=1S/C41H53NO9/c1-7-24(2)35-27(5)18-19-40(51-35)22-32-21-31(50-40)17-16-26(4)34(43)25(3)12-11-13-29-23-47-37-36(49-39(45)42-30-14-9-8-10-15-30)28(6)20-33(38(44)48-32)41(29,37)46/h8-16,18-20,24-25,27,31-37,43,46H,7,17,21-23H2,1-6H3,(H,42,45)/b12-11+,26-16+,29-13+/t24-,25-,27-,31+,32-,33-,34-,35+,36+,37+,40+,41+/m0/s1. The van der Waals surface area contributed by atoms with E-state index < -0.39 is 53.8 Å². The minimum atomic E-state index is -1.88. The van der Waals surface area contributed by atoms with E-state index in [1.165, 1.54) is 0 Å². The first-order chi connectivity index (χ1) is 24.3. The molecule has 1 spiro atoms. The van der Waals surface area contributed by atoms with Gasteiger partial charge in [0.05, 0.1) is 24.9 Å². The molecule has 0 saturated carbocycles. The fourth-order valence-electron chi connectivity index (χ4n) is 8.08. The van der Waals surface area contributed by atoms with E-state index in [4.69, 9.17) is 23.7 Å². The highest BCUT2D eigenvalue weighted by molar-refractivity contribution is 5.85. The summed E-state index contributed by atoms with van der Waals surface area (Å²) in [6.45, 7) is 12.0. The zero-order valence-electron chi connectivity index (χ0n) is 30.5. The number of esters is 1. The minimum absolute atomic E-state index is 0.00269. The summed E-state index contributed by atoms with van der Waals surface area (Å²) in [5.41, 5.74) is 0.480. The Balaban J connectivity index is 1.36. The van der Waals surface area contributed by atoms with Gasteiger partial charge in [0.25, 0.3) is 0 Å². The number of hydrogen-bond acceptors (Lipinski definition) is 9. The van der Waals surface area contributed by atoms with Gasteiger partial charge in [-0.25, -0.2) is 4.79 Å². The Kier molecular flexibility index (Phi) is 11.1. The van der Waals surface area contributed by atoms with Gasteiger partial charge in [0, 0.05) is 30.4 Å². The van der Waals surface area contributed by atoms with Crippen LogP contribution in [-0.2, 0) is 28.5 Å². The SMILES string of the molecule is CC[C@H](C)[C@H]1O[C@]2(C=C[C@@H]1C)C[C@@H]1C[C@@H](C/C=C(\C)[C@@H](O)[C@@H](C)/C=C/C=C3\CO[C@@H]4[C@H](OC(=O)Nc5ccccc5)C(C)=C[C@@H](C(=O)O1)[C@]34O)O2. The maximum absolute atomic E-state index is 14.4. The lowest BCUT2D eigenvalue weighted by molar-refractivity contribution is -0.300. The van der Waals surface area contributed by atoms with Gasteiger partial charge in [-0.2, -0.15) is 0 Å². The van der Waals surface area contributed by atoms with Gasteiger partial charge < -0.3 is 33.9 Å². The summed E-state index contributed by atoms with van der Waals surface area (Å²) < 4.78 is 31.9. The lowest BCUT2D eigenvalue weighted by Gasteiger charge is -2.48. The van der Waals surface area contributed by atoms with Crippen molar-refractivity contribution in [2.24, 2.45) is 23.7 Å². The Bertz CT molecular complexity index is 1600. The van der Waals surface area contributed by atoms with Gasteiger partial charge in [-0.3, -0.25) is 10.1 Å². The summed E-state index contributed by atoms with van der Waals surface area (Å²) in [6.07, 6.45) is 10.7. The second-order valence-electron chi connectivity index (χ2n) is 15.1. The molecule has 51 heavy (non-hydrogen) atoms. The van der Waals surface area contributed by atoms with Crippen molar-refractivity contribution in [1.82, 2.24) is 0 Å². The van der Waals surface area contributed by atoms with Crippen LogP contribution in [0, 0.1) is 23.7 Å². The molecule has 276 valence electrons. The molecule has 10 heteroatoms. The lowest BCUT2D eigenvalue weighted by atomic mass is 9.70. The summed E-state index contributed by atoms with van der Waals surface area (Å²) in [6, 6.07) is 8.92. The number of aliphatic hydroxyl groups excluding tert-OH is 1. The number of hydrogen-bond donors (Lipinski definition) is 3. The number of aliphatic hydroxyl groups is 2. The average molecular weight is 704 g/mol. The molecule has 10 nitrogen and oxygen atoms in total. The van der Waals surface area contributed by atoms with Crippen molar-refractivity contribution < 1.29 is 43.5 Å². The molecule has 1 aliphatic carbocycles. The quantitative estimate of drug-likeness (QED) is 0.236. The van der Waals surface area contributed by atoms with E-state index >= 15 is 0 Å². The van der Waals surface area contributed by atoms with Crippen LogP contribution >= 0.6 is 0 Å². The van der Waals surface area contributed by atoms with Gasteiger partial charge in [-0.05, 0) is 61.1 Å². The first-order valence-corrected chi connectivity index (χ1v) is 18.4. The van der Waals surface area contributed by atoms with Crippen LogP contribution in [0.4, 0.5) is 10.5 Å². The number of carbonyl (C=O) groups is 2. The topological polar surface area (TPSA) is 133 Å². The number of ether oxygens (including phenoxy) is 5. The predicted molar refractivity (Wildman–Crippen MR) is 192 cm³/mol. The first-order valence-electron chi connectivity index (χ1n) is 18.4. The van der Waals surface area contributed by atoms with Crippen molar-refractivity contribution in [2.45, 2.75) is 115 Å². The average Bonchev–Trinajstić information content (AvgIpc) is 3.44. The molecule has 5 aliphatic rings. The maximum Gasteiger partial charge on any atom is 0.412 e. The molecule has 0 aromatic heterocycles. The molecule has 1 aromatic carbocycles. The third-order valence-electron chi connectivity index (χ3n) is 11.3. The molecule has 2 saturated heterocycles. The molecule has 0 radical (unpaired) electrons. The van der Waals surface area contributed by atoms with E-state index in [0.29, 0.717) is 36.1 Å². The van der Waals surface area contributed by atoms with Gasteiger partial charge in [0.15, 0.2) is 11.9 Å². The molecule has 1 amide bonds. The van der Waals surface area contributed by atoms with Crippen molar-refractivity contribution in [3.05, 3.63) is 89.6 Å². The number of rotatable bonds is 4. The highest BCUT2D eigenvalue weighted by Crippen LogP contribution is 2.47. The smallest absolute Gasteiger partial charge is 0.412 e. The molecule has 2 bridgehead atoms. The van der Waals surface area contributed by atoms with Gasteiger partial charge in [-0.1, -0.05) is 88.8 Å². The van der Waals surface area contributed by atoms with E-state index in [0.717, 1.165) is 12.0 Å². The van der Waals surface area contributed by atoms with Crippen LogP contribution < -0.4 is 5.32 Å². The number of allylic oxidation sites excluding steroid dienone is 2. The minimum Gasteiger partial charge on any atom is -0.462 e. The molecular formula is C41H53NO9. The fourth-order valence-corrected chi connectivity index (χ4v) is 8.08. The van der Waals surface area contributed by atoms with Crippen LogP contribution in [0.1, 0.15) is 67.2 Å². The number of nitrogens with one attached hydrogen (secondary N) is 1. The van der Waals surface area contributed by atoms with Crippen LogP contribution in [0.2, 0.25) is 0 Å². The molecule has 4 aliphatic heterocycles. The van der Waals surface area contributed by atoms with Crippen LogP contribution in [0.25, 0.3) is 0 Å². The van der Waals surface area contributed by atoms with E-state index in [2.05, 4.69) is 32.2 Å². The number of anilines is 1. The van der Waals surface area contributed by atoms with Gasteiger partial charge in [-0.15, -0.1) is 0 Å². The van der Waals surface area contributed by atoms with E-state index in [-0.39, 0.29) is 36.6 Å². The molecule has 1 aromatic rings. The van der Waals surface area contributed by atoms with Crippen LogP contribution in [0.5, 0.6) is 0 Å². The molecule has 12 atom stereocenters. The Morgan fingerprint density at radius 3 is 2.59 bits per heavy atom. The fraction of sp³-hybridized carbons (Fsp3) is 0.561. The lowest BCUT2D eigenvalue weighted by Crippen LogP contribution is -2.59. The zero-order valence-corrected chi connectivity index (χ0v) is 30.5. The van der Waals surface area contributed by atoms with Gasteiger partial charge in [0.1, 0.15) is 23.7 Å². The molecule has 4 heterocycles. The number of fused-ring (bicyclic) bond motifs is 2. The zero-order chi connectivity index (χ0) is 36.5. The Morgan fingerprint density at radius 1 is 1.08 bits per heavy atom. The van der Waals surface area contributed by atoms with Gasteiger partial charge >= 0.3 is 12.1 Å². The van der Waals surface area contributed by atoms with Gasteiger partial charge in [0.2, 0.25) is 0 Å². The molecule has 3 N–H and O–H groups in total. The van der Waals surface area contributed by atoms with E-state index in [1.807, 2.05) is 38.1 Å². The van der Waals surface area contributed by atoms with Crippen molar-refractivity contribution >= 4 is 17.7 Å². The Morgan fingerprint density at radius 2 is 1.84 bits per heavy atom. The third-order valence-corrected chi connectivity index (χ3v) is 11.3.